The Morgan fingerprint density at radius 2 is 1.95 bits per heavy atom. The third-order valence-electron chi connectivity index (χ3n) is 8.66. The van der Waals surface area contributed by atoms with E-state index in [1.54, 1.807) is 13.2 Å². The summed E-state index contributed by atoms with van der Waals surface area (Å²) in [6.07, 6.45) is 9.45. The number of rotatable bonds is 10. The molecule has 3 aliphatic rings. The number of nitrogens with one attached hydrogen (secondary N) is 1. The van der Waals surface area contributed by atoms with Crippen molar-refractivity contribution in [3.05, 3.63) is 91.6 Å². The van der Waals surface area contributed by atoms with Gasteiger partial charge in [0.05, 0.1) is 18.2 Å². The highest BCUT2D eigenvalue weighted by Gasteiger charge is 2.28. The molecule has 43 heavy (non-hydrogen) atoms. The lowest BCUT2D eigenvalue weighted by molar-refractivity contribution is -0.163. The first-order valence-electron chi connectivity index (χ1n) is 15.3. The van der Waals surface area contributed by atoms with Crippen LogP contribution in [0.25, 0.3) is 11.0 Å². The van der Waals surface area contributed by atoms with E-state index in [1.165, 1.54) is 33.7 Å². The molecule has 1 aromatic carbocycles. The normalized spacial score (nSPS) is 21.2. The van der Waals surface area contributed by atoms with Gasteiger partial charge in [0.1, 0.15) is 17.5 Å². The lowest BCUT2D eigenvalue weighted by Gasteiger charge is -2.23. The zero-order valence-corrected chi connectivity index (χ0v) is 25.0. The second kappa shape index (κ2) is 12.5. The van der Waals surface area contributed by atoms with Gasteiger partial charge in [-0.25, -0.2) is 9.78 Å². The molecule has 4 heterocycles. The van der Waals surface area contributed by atoms with Crippen LogP contribution in [0.4, 0.5) is 0 Å². The molecule has 2 N–H and O–H groups in total. The third kappa shape index (κ3) is 6.18. The third-order valence-corrected chi connectivity index (χ3v) is 8.66. The van der Waals surface area contributed by atoms with E-state index in [0.717, 1.165) is 24.8 Å². The summed E-state index contributed by atoms with van der Waals surface area (Å²) in [5, 5.41) is 15.3. The fourth-order valence-corrected chi connectivity index (χ4v) is 5.74. The van der Waals surface area contributed by atoms with Gasteiger partial charge in [-0.2, -0.15) is 0 Å². The van der Waals surface area contributed by atoms with Crippen LogP contribution in [-0.2, 0) is 23.1 Å². The first-order valence-corrected chi connectivity index (χ1v) is 15.3. The smallest absolute Gasteiger partial charge is 0.332 e. The second-order valence-corrected chi connectivity index (χ2v) is 11.8. The van der Waals surface area contributed by atoms with Gasteiger partial charge in [0.15, 0.2) is 12.0 Å². The van der Waals surface area contributed by atoms with Crippen LogP contribution in [0, 0.1) is 0 Å². The zero-order valence-electron chi connectivity index (χ0n) is 25.0. The van der Waals surface area contributed by atoms with Crippen molar-refractivity contribution < 1.29 is 19.3 Å². The molecule has 3 unspecified atom stereocenters. The SMILES string of the molecule is CC1=CC(Oc2cnc3c(c2C(O)c2ccc(C4CC4)cc2)c(=O)n(CCCOC2CCCCO2)c(=O)n3C)=CNC1C. The second-order valence-electron chi connectivity index (χ2n) is 11.8. The number of aromatic nitrogens is 3. The Labute approximate surface area is 250 Å². The van der Waals surface area contributed by atoms with Crippen molar-refractivity contribution in [1.82, 2.24) is 19.4 Å². The quantitative estimate of drug-likeness (QED) is 0.340. The number of pyridine rings is 1. The van der Waals surface area contributed by atoms with E-state index in [4.69, 9.17) is 14.2 Å². The predicted octanol–water partition coefficient (Wildman–Crippen LogP) is 4.15. The molecular formula is C33H40N4O6. The van der Waals surface area contributed by atoms with Gasteiger partial charge >= 0.3 is 5.69 Å². The highest BCUT2D eigenvalue weighted by atomic mass is 16.7. The molecule has 3 aromatic rings. The van der Waals surface area contributed by atoms with E-state index in [2.05, 4.69) is 10.3 Å². The lowest BCUT2D eigenvalue weighted by Crippen LogP contribution is -2.40. The lowest BCUT2D eigenvalue weighted by atomic mass is 9.97. The van der Waals surface area contributed by atoms with Crippen LogP contribution in [0.2, 0.25) is 0 Å². The van der Waals surface area contributed by atoms with Crippen LogP contribution in [0.3, 0.4) is 0 Å². The Balaban J connectivity index is 1.39. The molecule has 1 saturated heterocycles. The number of fused-ring (bicyclic) bond motifs is 1. The van der Waals surface area contributed by atoms with Gasteiger partial charge in [0, 0.05) is 38.0 Å². The molecule has 10 nitrogen and oxygen atoms in total. The maximum absolute atomic E-state index is 14.1. The fourth-order valence-electron chi connectivity index (χ4n) is 5.74. The van der Waals surface area contributed by atoms with Crippen LogP contribution >= 0.6 is 0 Å². The van der Waals surface area contributed by atoms with Gasteiger partial charge in [-0.1, -0.05) is 24.3 Å². The monoisotopic (exact) mass is 588 g/mol. The van der Waals surface area contributed by atoms with Gasteiger partial charge in [0.25, 0.3) is 5.56 Å². The molecule has 6 rings (SSSR count). The number of aryl methyl sites for hydroxylation is 1. The molecule has 228 valence electrons. The minimum Gasteiger partial charge on any atom is -0.454 e. The molecule has 0 bridgehead atoms. The van der Waals surface area contributed by atoms with Crippen molar-refractivity contribution in [2.24, 2.45) is 7.05 Å². The largest absolute Gasteiger partial charge is 0.454 e. The number of aliphatic hydroxyl groups is 1. The maximum Gasteiger partial charge on any atom is 0.332 e. The van der Waals surface area contributed by atoms with E-state index in [0.29, 0.717) is 36.9 Å². The summed E-state index contributed by atoms with van der Waals surface area (Å²) in [6, 6.07) is 8.02. The van der Waals surface area contributed by atoms with E-state index in [1.807, 2.05) is 44.2 Å². The number of aliphatic hydroxyl groups excluding tert-OH is 1. The predicted molar refractivity (Wildman–Crippen MR) is 163 cm³/mol. The molecule has 1 aliphatic carbocycles. The molecule has 2 aliphatic heterocycles. The number of ether oxygens (including phenoxy) is 3. The minimum absolute atomic E-state index is 0.147. The van der Waals surface area contributed by atoms with E-state index < -0.39 is 17.4 Å². The number of dihydropyridines is 1. The summed E-state index contributed by atoms with van der Waals surface area (Å²) in [5.74, 6) is 1.35. The Bertz CT molecular complexity index is 1660. The Hall–Kier alpha value is -3.73. The first kappa shape index (κ1) is 29.3. The molecule has 10 heteroatoms. The van der Waals surface area contributed by atoms with Crippen LogP contribution in [-0.4, -0.2) is 44.8 Å². The molecule has 3 atom stereocenters. The van der Waals surface area contributed by atoms with Gasteiger partial charge in [0.2, 0.25) is 0 Å². The summed E-state index contributed by atoms with van der Waals surface area (Å²) in [6.45, 7) is 5.24. The Morgan fingerprint density at radius 3 is 2.65 bits per heavy atom. The number of hydrogen-bond donors (Lipinski definition) is 2. The molecule has 0 amide bonds. The average molecular weight is 589 g/mol. The summed E-state index contributed by atoms with van der Waals surface area (Å²) in [5.41, 5.74) is 2.40. The highest BCUT2D eigenvalue weighted by molar-refractivity contribution is 5.81. The van der Waals surface area contributed by atoms with Crippen molar-refractivity contribution in [1.29, 1.82) is 0 Å². The van der Waals surface area contributed by atoms with E-state index in [9.17, 15) is 14.7 Å². The zero-order chi connectivity index (χ0) is 30.1. The number of nitrogens with zero attached hydrogens (tertiary/aromatic N) is 3. The highest BCUT2D eigenvalue weighted by Crippen LogP contribution is 2.41. The Kier molecular flexibility index (Phi) is 8.52. The van der Waals surface area contributed by atoms with Crippen molar-refractivity contribution in [3.8, 4) is 5.75 Å². The van der Waals surface area contributed by atoms with Crippen LogP contribution in [0.5, 0.6) is 5.75 Å². The van der Waals surface area contributed by atoms with Crippen molar-refractivity contribution in [3.63, 3.8) is 0 Å². The molecular weight excluding hydrogens is 548 g/mol. The molecule has 1 saturated carbocycles. The topological polar surface area (TPSA) is 117 Å². The van der Waals surface area contributed by atoms with Crippen LogP contribution in [0.1, 0.15) is 81.1 Å². The fraction of sp³-hybridized carbons (Fsp3) is 0.485. The minimum atomic E-state index is -1.19. The first-order chi connectivity index (χ1) is 20.8. The van der Waals surface area contributed by atoms with Crippen LogP contribution < -0.4 is 21.3 Å². The molecule has 2 aromatic heterocycles. The summed E-state index contributed by atoms with van der Waals surface area (Å²) in [7, 11) is 1.59. The average Bonchev–Trinajstić information content (AvgIpc) is 3.87. The number of benzene rings is 1. The summed E-state index contributed by atoms with van der Waals surface area (Å²) in [4.78, 5) is 31.9. The van der Waals surface area contributed by atoms with Crippen molar-refractivity contribution >= 4 is 11.0 Å². The Morgan fingerprint density at radius 1 is 1.16 bits per heavy atom. The summed E-state index contributed by atoms with van der Waals surface area (Å²) >= 11 is 0. The van der Waals surface area contributed by atoms with Crippen LogP contribution in [0.15, 0.2) is 63.7 Å². The number of allylic oxidation sites excluding steroid dienone is 1. The van der Waals surface area contributed by atoms with Gasteiger partial charge < -0.3 is 24.6 Å². The molecule has 0 radical (unpaired) electrons. The molecule has 0 spiro atoms. The van der Waals surface area contributed by atoms with Crippen molar-refractivity contribution in [2.75, 3.05) is 13.2 Å². The van der Waals surface area contributed by atoms with Gasteiger partial charge in [-0.3, -0.25) is 13.9 Å². The van der Waals surface area contributed by atoms with Crippen molar-refractivity contribution in [2.45, 2.75) is 83.3 Å². The maximum atomic E-state index is 14.1. The van der Waals surface area contributed by atoms with Gasteiger partial charge in [-0.05, 0) is 81.1 Å². The van der Waals surface area contributed by atoms with Gasteiger partial charge in [-0.15, -0.1) is 0 Å². The number of hydrogen-bond acceptors (Lipinski definition) is 8. The molecule has 2 fully saturated rings. The standard InChI is InChI=1S/C33H40N4O6/c1-20-17-25(18-34-21(20)2)43-26-19-35-31-29(28(26)30(38)24-12-10-23(11-13-24)22-8-9-22)32(39)37(33(40)36(31)3)14-6-16-42-27-7-4-5-15-41-27/h10-13,17-19,21-22,27,30,34,38H,4-9,14-16H2,1-3H3. The summed E-state index contributed by atoms with van der Waals surface area (Å²) < 4.78 is 20.3. The van der Waals surface area contributed by atoms with E-state index >= 15 is 0 Å². The van der Waals surface area contributed by atoms with E-state index in [-0.39, 0.29) is 41.2 Å².